The Balaban J connectivity index is 1.72. The van der Waals surface area contributed by atoms with E-state index in [4.69, 9.17) is 4.74 Å². The number of benzene rings is 1. The van der Waals surface area contributed by atoms with Crippen LogP contribution in [0.3, 0.4) is 0 Å². The molecular weight excluding hydrogens is 248 g/mol. The van der Waals surface area contributed by atoms with Crippen LogP contribution in [0.5, 0.6) is 5.75 Å². The van der Waals surface area contributed by atoms with Gasteiger partial charge in [0, 0.05) is 17.6 Å². The predicted molar refractivity (Wildman–Crippen MR) is 83.6 cm³/mol. The zero-order chi connectivity index (χ0) is 13.9. The molecule has 20 heavy (non-hydrogen) atoms. The molecule has 1 aromatic carbocycles. The molecule has 1 saturated carbocycles. The summed E-state index contributed by atoms with van der Waals surface area (Å²) in [5.41, 5.74) is 3.75. The molecule has 0 spiro atoms. The van der Waals surface area contributed by atoms with Gasteiger partial charge in [0.25, 0.3) is 0 Å². The van der Waals surface area contributed by atoms with E-state index in [1.165, 1.54) is 42.2 Å². The van der Waals surface area contributed by atoms with Gasteiger partial charge in [-0.2, -0.15) is 0 Å². The van der Waals surface area contributed by atoms with Gasteiger partial charge < -0.3 is 15.0 Å². The quantitative estimate of drug-likeness (QED) is 0.873. The van der Waals surface area contributed by atoms with Crippen molar-refractivity contribution in [3.8, 4) is 5.75 Å². The van der Waals surface area contributed by atoms with Crippen molar-refractivity contribution < 1.29 is 4.74 Å². The highest BCUT2D eigenvalue weighted by atomic mass is 16.5. The zero-order valence-corrected chi connectivity index (χ0v) is 12.5. The summed E-state index contributed by atoms with van der Waals surface area (Å²) >= 11 is 0. The summed E-state index contributed by atoms with van der Waals surface area (Å²) in [6, 6.07) is 5.08. The normalized spacial score (nSPS) is 16.1. The van der Waals surface area contributed by atoms with Crippen LogP contribution in [0.25, 0.3) is 10.9 Å². The molecule has 1 heterocycles. The van der Waals surface area contributed by atoms with Gasteiger partial charge in [-0.25, -0.2) is 0 Å². The summed E-state index contributed by atoms with van der Waals surface area (Å²) in [4.78, 5) is 3.36. The summed E-state index contributed by atoms with van der Waals surface area (Å²) in [6.45, 7) is 3.18. The molecule has 3 nitrogen and oxygen atoms in total. The number of nitrogens with one attached hydrogen (secondary N) is 2. The molecule has 3 rings (SSSR count). The zero-order valence-electron chi connectivity index (χ0n) is 12.5. The number of aromatic amines is 1. The first kappa shape index (κ1) is 13.5. The third-order valence-electron chi connectivity index (χ3n) is 4.39. The van der Waals surface area contributed by atoms with Crippen molar-refractivity contribution in [1.29, 1.82) is 0 Å². The van der Waals surface area contributed by atoms with Crippen LogP contribution in [0.15, 0.2) is 18.3 Å². The number of ether oxygens (including phenoxy) is 1. The fraction of sp³-hybridized carbons (Fsp3) is 0.529. The Hall–Kier alpha value is -1.48. The molecule has 108 valence electrons. The Morgan fingerprint density at radius 3 is 2.85 bits per heavy atom. The van der Waals surface area contributed by atoms with Gasteiger partial charge in [0.2, 0.25) is 0 Å². The van der Waals surface area contributed by atoms with Gasteiger partial charge in [-0.3, -0.25) is 0 Å². The Bertz CT molecular complexity index is 582. The highest BCUT2D eigenvalue weighted by Gasteiger charge is 2.14. The van der Waals surface area contributed by atoms with Crippen LogP contribution in [0.2, 0.25) is 0 Å². The number of aryl methyl sites for hydroxylation is 1. The van der Waals surface area contributed by atoms with Crippen LogP contribution >= 0.6 is 0 Å². The van der Waals surface area contributed by atoms with E-state index < -0.39 is 0 Å². The van der Waals surface area contributed by atoms with Crippen LogP contribution in [-0.4, -0.2) is 24.7 Å². The lowest BCUT2D eigenvalue weighted by Crippen LogP contribution is -2.27. The van der Waals surface area contributed by atoms with E-state index in [0.29, 0.717) is 0 Å². The van der Waals surface area contributed by atoms with Crippen molar-refractivity contribution in [3.63, 3.8) is 0 Å². The Morgan fingerprint density at radius 2 is 2.10 bits per heavy atom. The van der Waals surface area contributed by atoms with Gasteiger partial charge in [-0.1, -0.05) is 12.8 Å². The Kier molecular flexibility index (Phi) is 3.97. The maximum Gasteiger partial charge on any atom is 0.143 e. The molecule has 0 amide bonds. The lowest BCUT2D eigenvalue weighted by atomic mass is 10.1. The van der Waals surface area contributed by atoms with E-state index >= 15 is 0 Å². The molecule has 1 fully saturated rings. The molecule has 0 radical (unpaired) electrons. The molecule has 1 aliphatic rings. The molecule has 0 saturated heterocycles. The molecule has 0 atom stereocenters. The van der Waals surface area contributed by atoms with E-state index in [2.05, 4.69) is 35.6 Å². The average Bonchev–Trinajstić information content (AvgIpc) is 3.08. The SMILES string of the molecule is COc1cc(C)cc2c(CCNC3CCCC3)c[nH]c12. The van der Waals surface area contributed by atoms with Crippen LogP contribution in [0.4, 0.5) is 0 Å². The largest absolute Gasteiger partial charge is 0.495 e. The van der Waals surface area contributed by atoms with Crippen LogP contribution in [0, 0.1) is 6.92 Å². The van der Waals surface area contributed by atoms with Crippen molar-refractivity contribution in [2.75, 3.05) is 13.7 Å². The minimum Gasteiger partial charge on any atom is -0.495 e. The first-order chi connectivity index (χ1) is 9.78. The first-order valence-electron chi connectivity index (χ1n) is 7.66. The summed E-state index contributed by atoms with van der Waals surface area (Å²) in [6.07, 6.45) is 8.68. The summed E-state index contributed by atoms with van der Waals surface area (Å²) < 4.78 is 5.46. The molecule has 0 unspecified atom stereocenters. The number of aromatic nitrogens is 1. The highest BCUT2D eigenvalue weighted by molar-refractivity contribution is 5.89. The Labute approximate surface area is 120 Å². The Morgan fingerprint density at radius 1 is 1.30 bits per heavy atom. The third kappa shape index (κ3) is 2.68. The molecule has 2 aromatic rings. The number of methoxy groups -OCH3 is 1. The monoisotopic (exact) mass is 272 g/mol. The van der Waals surface area contributed by atoms with Gasteiger partial charge in [-0.05, 0) is 56.0 Å². The van der Waals surface area contributed by atoms with Gasteiger partial charge in [0.1, 0.15) is 5.75 Å². The molecule has 1 aliphatic carbocycles. The van der Waals surface area contributed by atoms with Crippen LogP contribution in [-0.2, 0) is 6.42 Å². The van der Waals surface area contributed by atoms with Crippen LogP contribution in [0.1, 0.15) is 36.8 Å². The van der Waals surface area contributed by atoms with E-state index in [-0.39, 0.29) is 0 Å². The highest BCUT2D eigenvalue weighted by Crippen LogP contribution is 2.29. The average molecular weight is 272 g/mol. The van der Waals surface area contributed by atoms with Crippen molar-refractivity contribution in [1.82, 2.24) is 10.3 Å². The van der Waals surface area contributed by atoms with E-state index in [1.54, 1.807) is 7.11 Å². The van der Waals surface area contributed by atoms with E-state index in [9.17, 15) is 0 Å². The van der Waals surface area contributed by atoms with Crippen molar-refractivity contribution in [3.05, 3.63) is 29.5 Å². The molecule has 1 aromatic heterocycles. The van der Waals surface area contributed by atoms with Crippen LogP contribution < -0.4 is 10.1 Å². The second-order valence-electron chi connectivity index (χ2n) is 5.89. The summed E-state index contributed by atoms with van der Waals surface area (Å²) in [5, 5.41) is 4.98. The molecule has 0 aliphatic heterocycles. The third-order valence-corrected chi connectivity index (χ3v) is 4.39. The summed E-state index contributed by atoms with van der Waals surface area (Å²) in [5.74, 6) is 0.940. The van der Waals surface area contributed by atoms with Gasteiger partial charge in [-0.15, -0.1) is 0 Å². The lowest BCUT2D eigenvalue weighted by Gasteiger charge is -2.11. The second-order valence-corrected chi connectivity index (χ2v) is 5.89. The number of H-pyrrole nitrogens is 1. The molecule has 0 bridgehead atoms. The minimum atomic E-state index is 0.747. The first-order valence-corrected chi connectivity index (χ1v) is 7.66. The fourth-order valence-corrected chi connectivity index (χ4v) is 3.30. The topological polar surface area (TPSA) is 37.0 Å². The number of fused-ring (bicyclic) bond motifs is 1. The molecule has 3 heteroatoms. The second kappa shape index (κ2) is 5.88. The predicted octanol–water partition coefficient (Wildman–Crippen LogP) is 3.56. The standard InChI is InChI=1S/C17H24N2O/c1-12-9-15-13(7-8-18-14-5-3-4-6-14)11-19-17(15)16(10-12)20-2/h9-11,14,18-19H,3-8H2,1-2H3. The molecular formula is C17H24N2O. The van der Waals surface area contributed by atoms with E-state index in [1.807, 2.05) is 0 Å². The van der Waals surface area contributed by atoms with E-state index in [0.717, 1.165) is 30.3 Å². The van der Waals surface area contributed by atoms with Crippen molar-refractivity contribution in [2.45, 2.75) is 45.1 Å². The van der Waals surface area contributed by atoms with Gasteiger partial charge in [0.15, 0.2) is 0 Å². The van der Waals surface area contributed by atoms with Crippen molar-refractivity contribution in [2.24, 2.45) is 0 Å². The lowest BCUT2D eigenvalue weighted by molar-refractivity contribution is 0.418. The number of hydrogen-bond donors (Lipinski definition) is 2. The minimum absolute atomic E-state index is 0.747. The molecule has 2 N–H and O–H groups in total. The van der Waals surface area contributed by atoms with Gasteiger partial charge >= 0.3 is 0 Å². The maximum atomic E-state index is 5.46. The smallest absolute Gasteiger partial charge is 0.143 e. The van der Waals surface area contributed by atoms with Crippen molar-refractivity contribution >= 4 is 10.9 Å². The fourth-order valence-electron chi connectivity index (χ4n) is 3.30. The number of rotatable bonds is 5. The van der Waals surface area contributed by atoms with Gasteiger partial charge in [0.05, 0.1) is 12.6 Å². The maximum absolute atomic E-state index is 5.46. The summed E-state index contributed by atoms with van der Waals surface area (Å²) in [7, 11) is 1.73. The number of hydrogen-bond acceptors (Lipinski definition) is 2.